The van der Waals surface area contributed by atoms with Crippen molar-refractivity contribution in [3.8, 4) is 5.69 Å². The number of ether oxygens (including phenoxy) is 1. The lowest BCUT2D eigenvalue weighted by atomic mass is 10.2. The quantitative estimate of drug-likeness (QED) is 0.806. The average Bonchev–Trinajstić information content (AvgIpc) is 2.79. The van der Waals surface area contributed by atoms with Gasteiger partial charge in [0.1, 0.15) is 6.61 Å². The first kappa shape index (κ1) is 14.0. The van der Waals surface area contributed by atoms with Crippen molar-refractivity contribution in [2.45, 2.75) is 38.9 Å². The summed E-state index contributed by atoms with van der Waals surface area (Å²) in [6, 6.07) is 9.92. The van der Waals surface area contributed by atoms with E-state index in [4.69, 9.17) is 16.3 Å². The molecule has 4 nitrogen and oxygen atoms in total. The second-order valence-corrected chi connectivity index (χ2v) is 5.51. The Morgan fingerprint density at radius 2 is 1.74 bits per heavy atom. The van der Waals surface area contributed by atoms with Crippen molar-refractivity contribution >= 4 is 11.6 Å². The fraction of sp³-hybridized carbons (Fsp3) is 0.429. The first-order chi connectivity index (χ1) is 9.01. The van der Waals surface area contributed by atoms with E-state index in [2.05, 4.69) is 10.2 Å². The van der Waals surface area contributed by atoms with Crippen molar-refractivity contribution in [2.24, 2.45) is 0 Å². The standard InChI is InChI=1S/C14H18ClN3O/c1-14(2,3)19-10-13-17-16-12(9-15)18(13)11-7-5-4-6-8-11/h4-8H,9-10H2,1-3H3. The van der Waals surface area contributed by atoms with Gasteiger partial charge in [0.25, 0.3) is 0 Å². The Hall–Kier alpha value is -1.39. The third kappa shape index (κ3) is 3.55. The maximum Gasteiger partial charge on any atom is 0.163 e. The van der Waals surface area contributed by atoms with Crippen LogP contribution in [-0.2, 0) is 17.2 Å². The molecule has 102 valence electrons. The molecule has 0 spiro atoms. The molecule has 5 heteroatoms. The number of benzene rings is 1. The van der Waals surface area contributed by atoms with E-state index in [-0.39, 0.29) is 5.60 Å². The molecule has 1 heterocycles. The van der Waals surface area contributed by atoms with Crippen molar-refractivity contribution in [3.05, 3.63) is 42.0 Å². The van der Waals surface area contributed by atoms with E-state index in [1.165, 1.54) is 0 Å². The summed E-state index contributed by atoms with van der Waals surface area (Å²) in [7, 11) is 0. The van der Waals surface area contributed by atoms with E-state index < -0.39 is 0 Å². The van der Waals surface area contributed by atoms with Gasteiger partial charge in [-0.15, -0.1) is 21.8 Å². The van der Waals surface area contributed by atoms with Crippen LogP contribution in [0.3, 0.4) is 0 Å². The van der Waals surface area contributed by atoms with Crippen LogP contribution >= 0.6 is 11.6 Å². The SMILES string of the molecule is CC(C)(C)OCc1nnc(CCl)n1-c1ccccc1. The molecule has 1 aromatic heterocycles. The van der Waals surface area contributed by atoms with Crippen LogP contribution in [0.25, 0.3) is 5.69 Å². The molecule has 0 aliphatic heterocycles. The molecule has 1 aromatic carbocycles. The minimum atomic E-state index is -0.214. The number of para-hydroxylation sites is 1. The fourth-order valence-electron chi connectivity index (χ4n) is 1.69. The minimum Gasteiger partial charge on any atom is -0.368 e. The second kappa shape index (κ2) is 5.72. The van der Waals surface area contributed by atoms with Crippen molar-refractivity contribution in [1.82, 2.24) is 14.8 Å². The molecule has 0 unspecified atom stereocenters. The van der Waals surface area contributed by atoms with Crippen LogP contribution in [0.2, 0.25) is 0 Å². The van der Waals surface area contributed by atoms with E-state index in [1.54, 1.807) is 0 Å². The van der Waals surface area contributed by atoms with E-state index >= 15 is 0 Å². The number of halogens is 1. The lowest BCUT2D eigenvalue weighted by Gasteiger charge is -2.19. The van der Waals surface area contributed by atoms with Gasteiger partial charge in [-0.1, -0.05) is 18.2 Å². The summed E-state index contributed by atoms with van der Waals surface area (Å²) >= 11 is 5.92. The molecule has 0 fully saturated rings. The second-order valence-electron chi connectivity index (χ2n) is 5.24. The molecule has 0 aliphatic carbocycles. The molecule has 0 saturated heterocycles. The summed E-state index contributed by atoms with van der Waals surface area (Å²) in [6.07, 6.45) is 0. The smallest absolute Gasteiger partial charge is 0.163 e. The topological polar surface area (TPSA) is 39.9 Å². The van der Waals surface area contributed by atoms with Gasteiger partial charge in [-0.2, -0.15) is 0 Å². The first-order valence-corrected chi connectivity index (χ1v) is 6.73. The summed E-state index contributed by atoms with van der Waals surface area (Å²) in [5, 5.41) is 8.28. The molecule has 0 amide bonds. The molecule has 0 bridgehead atoms. The molecule has 2 rings (SSSR count). The number of alkyl halides is 1. The van der Waals surface area contributed by atoms with Crippen LogP contribution in [0.4, 0.5) is 0 Å². The largest absolute Gasteiger partial charge is 0.368 e. The maximum absolute atomic E-state index is 5.92. The Kier molecular flexibility index (Phi) is 4.22. The molecule has 19 heavy (non-hydrogen) atoms. The highest BCUT2D eigenvalue weighted by Crippen LogP contribution is 2.17. The Bertz CT molecular complexity index is 531. The Morgan fingerprint density at radius 3 is 2.32 bits per heavy atom. The molecule has 0 saturated carbocycles. The predicted molar refractivity (Wildman–Crippen MR) is 75.5 cm³/mol. The summed E-state index contributed by atoms with van der Waals surface area (Å²) in [4.78, 5) is 0. The van der Waals surface area contributed by atoms with Gasteiger partial charge in [-0.3, -0.25) is 4.57 Å². The van der Waals surface area contributed by atoms with Gasteiger partial charge < -0.3 is 4.74 Å². The van der Waals surface area contributed by atoms with Crippen molar-refractivity contribution in [3.63, 3.8) is 0 Å². The molecule has 0 aliphatic rings. The molecule has 2 aromatic rings. The Morgan fingerprint density at radius 1 is 1.11 bits per heavy atom. The number of hydrogen-bond donors (Lipinski definition) is 0. The Labute approximate surface area is 118 Å². The van der Waals surface area contributed by atoms with E-state index in [1.807, 2.05) is 55.7 Å². The van der Waals surface area contributed by atoms with Crippen LogP contribution in [-0.4, -0.2) is 20.4 Å². The van der Waals surface area contributed by atoms with Gasteiger partial charge in [0.2, 0.25) is 0 Å². The van der Waals surface area contributed by atoms with E-state index in [0.717, 1.165) is 17.3 Å². The van der Waals surface area contributed by atoms with Gasteiger partial charge >= 0.3 is 0 Å². The van der Waals surface area contributed by atoms with Gasteiger partial charge in [-0.25, -0.2) is 0 Å². The molecule has 0 N–H and O–H groups in total. The highest BCUT2D eigenvalue weighted by molar-refractivity contribution is 6.16. The van der Waals surface area contributed by atoms with E-state index in [9.17, 15) is 0 Å². The van der Waals surface area contributed by atoms with Gasteiger partial charge in [0.15, 0.2) is 11.6 Å². The normalized spacial score (nSPS) is 11.8. The van der Waals surface area contributed by atoms with Gasteiger partial charge in [0, 0.05) is 5.69 Å². The zero-order chi connectivity index (χ0) is 13.9. The highest BCUT2D eigenvalue weighted by Gasteiger charge is 2.16. The highest BCUT2D eigenvalue weighted by atomic mass is 35.5. The lowest BCUT2D eigenvalue weighted by Crippen LogP contribution is -2.20. The number of aromatic nitrogens is 3. The third-order valence-electron chi connectivity index (χ3n) is 2.57. The molecule has 0 atom stereocenters. The van der Waals surface area contributed by atoms with Crippen LogP contribution < -0.4 is 0 Å². The van der Waals surface area contributed by atoms with Crippen LogP contribution in [0.15, 0.2) is 30.3 Å². The van der Waals surface area contributed by atoms with Gasteiger partial charge in [0.05, 0.1) is 11.5 Å². The summed E-state index contributed by atoms with van der Waals surface area (Å²) in [5.74, 6) is 1.80. The zero-order valence-corrected chi connectivity index (χ0v) is 12.2. The van der Waals surface area contributed by atoms with Crippen LogP contribution in [0, 0.1) is 0 Å². The molecular weight excluding hydrogens is 262 g/mol. The molecular formula is C14H18ClN3O. The lowest BCUT2D eigenvalue weighted by molar-refractivity contribution is -0.0187. The number of hydrogen-bond acceptors (Lipinski definition) is 3. The summed E-state index contributed by atoms with van der Waals surface area (Å²) in [6.45, 7) is 6.44. The number of nitrogens with zero attached hydrogens (tertiary/aromatic N) is 3. The maximum atomic E-state index is 5.92. The fourth-order valence-corrected chi connectivity index (χ4v) is 1.86. The summed E-state index contributed by atoms with van der Waals surface area (Å²) in [5.41, 5.74) is 0.782. The van der Waals surface area contributed by atoms with Gasteiger partial charge in [-0.05, 0) is 32.9 Å². The van der Waals surface area contributed by atoms with Crippen molar-refractivity contribution in [2.75, 3.05) is 0 Å². The first-order valence-electron chi connectivity index (χ1n) is 6.20. The third-order valence-corrected chi connectivity index (χ3v) is 2.80. The van der Waals surface area contributed by atoms with Crippen LogP contribution in [0.5, 0.6) is 0 Å². The predicted octanol–water partition coefficient (Wildman–Crippen LogP) is 3.32. The van der Waals surface area contributed by atoms with E-state index in [0.29, 0.717) is 12.5 Å². The average molecular weight is 280 g/mol. The minimum absolute atomic E-state index is 0.214. The monoisotopic (exact) mass is 279 g/mol. The molecule has 0 radical (unpaired) electrons. The number of rotatable bonds is 4. The van der Waals surface area contributed by atoms with Crippen molar-refractivity contribution in [1.29, 1.82) is 0 Å². The summed E-state index contributed by atoms with van der Waals surface area (Å²) < 4.78 is 7.71. The van der Waals surface area contributed by atoms with Crippen LogP contribution in [0.1, 0.15) is 32.4 Å². The van der Waals surface area contributed by atoms with Crippen molar-refractivity contribution < 1.29 is 4.74 Å². The zero-order valence-electron chi connectivity index (χ0n) is 11.4. The Balaban J connectivity index is 2.33.